The molecule has 9 heteroatoms. The number of nitrogens with zero attached hydrogens (tertiary/aromatic N) is 2. The van der Waals surface area contributed by atoms with Crippen LogP contribution in [0.25, 0.3) is 16.8 Å². The van der Waals surface area contributed by atoms with Gasteiger partial charge in [-0.15, -0.1) is 22.7 Å². The van der Waals surface area contributed by atoms with Crippen LogP contribution in [-0.4, -0.2) is 23.5 Å². The van der Waals surface area contributed by atoms with E-state index in [-0.39, 0.29) is 18.1 Å². The van der Waals surface area contributed by atoms with Gasteiger partial charge in [-0.3, -0.25) is 4.79 Å². The third kappa shape index (κ3) is 5.51. The number of amides is 1. The van der Waals surface area contributed by atoms with Crippen LogP contribution in [0, 0.1) is 18.3 Å². The highest BCUT2D eigenvalue weighted by Crippen LogP contribution is 2.35. The quantitative estimate of drug-likeness (QED) is 0.203. The number of esters is 1. The van der Waals surface area contributed by atoms with Gasteiger partial charge in [0.05, 0.1) is 22.7 Å². The van der Waals surface area contributed by atoms with E-state index >= 15 is 0 Å². The minimum absolute atomic E-state index is 0.194. The molecule has 4 rings (SSSR count). The molecule has 0 aliphatic rings. The molecule has 0 radical (unpaired) electrons. The van der Waals surface area contributed by atoms with Gasteiger partial charge in [0, 0.05) is 22.8 Å². The summed E-state index contributed by atoms with van der Waals surface area (Å²) in [5.41, 5.74) is 3.44. The molecule has 2 aromatic carbocycles. The van der Waals surface area contributed by atoms with E-state index in [9.17, 15) is 14.9 Å². The summed E-state index contributed by atoms with van der Waals surface area (Å²) in [6.07, 6.45) is 1.50. The number of nitrogens with one attached hydrogen (secondary N) is 2. The molecule has 0 bridgehead atoms. The van der Waals surface area contributed by atoms with Crippen LogP contribution in [0.2, 0.25) is 0 Å². The first-order valence-corrected chi connectivity index (χ1v) is 12.8. The smallest absolute Gasteiger partial charge is 0.341 e. The molecule has 7 nitrogen and oxygen atoms in total. The van der Waals surface area contributed by atoms with E-state index in [1.54, 1.807) is 26.0 Å². The van der Waals surface area contributed by atoms with Gasteiger partial charge in [-0.25, -0.2) is 9.78 Å². The summed E-state index contributed by atoms with van der Waals surface area (Å²) in [5, 5.41) is 18.5. The molecule has 0 fully saturated rings. The maximum atomic E-state index is 13.0. The molecule has 0 aliphatic heterocycles. The minimum Gasteiger partial charge on any atom is -0.462 e. The highest BCUT2D eigenvalue weighted by Gasteiger charge is 2.25. The lowest BCUT2D eigenvalue weighted by atomic mass is 10.1. The summed E-state index contributed by atoms with van der Waals surface area (Å²) >= 11 is 2.47. The summed E-state index contributed by atoms with van der Waals surface area (Å²) in [5.74, 6) is -0.876. The third-order valence-electron chi connectivity index (χ3n) is 5.14. The Hall–Kier alpha value is -4.26. The second-order valence-electron chi connectivity index (χ2n) is 7.52. The van der Waals surface area contributed by atoms with Crippen molar-refractivity contribution in [1.82, 2.24) is 4.98 Å². The Balaban J connectivity index is 1.64. The molecular weight excluding hydrogens is 492 g/mol. The Kier molecular flexibility index (Phi) is 7.90. The van der Waals surface area contributed by atoms with Crippen molar-refractivity contribution in [2.75, 3.05) is 17.2 Å². The number of aromatic nitrogens is 1. The second kappa shape index (κ2) is 11.4. The first-order chi connectivity index (χ1) is 17.5. The van der Waals surface area contributed by atoms with Gasteiger partial charge in [0.25, 0.3) is 5.91 Å². The monoisotopic (exact) mass is 514 g/mol. The zero-order valence-electron chi connectivity index (χ0n) is 19.6. The predicted octanol–water partition coefficient (Wildman–Crippen LogP) is 6.59. The lowest BCUT2D eigenvalue weighted by Crippen LogP contribution is -2.12. The first kappa shape index (κ1) is 24.9. The Morgan fingerprint density at radius 2 is 1.81 bits per heavy atom. The molecule has 36 heavy (non-hydrogen) atoms. The number of rotatable bonds is 8. The van der Waals surface area contributed by atoms with Crippen molar-refractivity contribution in [2.24, 2.45) is 0 Å². The van der Waals surface area contributed by atoms with Crippen LogP contribution >= 0.6 is 22.7 Å². The van der Waals surface area contributed by atoms with Gasteiger partial charge in [0.2, 0.25) is 0 Å². The molecular formula is C27H22N4O3S2. The van der Waals surface area contributed by atoms with Gasteiger partial charge in [0.1, 0.15) is 21.7 Å². The topological polar surface area (TPSA) is 104 Å². The number of anilines is 2. The summed E-state index contributed by atoms with van der Waals surface area (Å²) in [4.78, 5) is 30.7. The number of thiazole rings is 1. The van der Waals surface area contributed by atoms with Crippen molar-refractivity contribution in [2.45, 2.75) is 13.8 Å². The zero-order valence-corrected chi connectivity index (χ0v) is 21.2. The molecule has 0 atom stereocenters. The van der Waals surface area contributed by atoms with Crippen molar-refractivity contribution in [3.8, 4) is 17.3 Å². The van der Waals surface area contributed by atoms with Gasteiger partial charge in [0.15, 0.2) is 0 Å². The molecule has 4 aromatic rings. The van der Waals surface area contributed by atoms with E-state index in [0.29, 0.717) is 31.7 Å². The molecule has 2 N–H and O–H groups in total. The van der Waals surface area contributed by atoms with Crippen LogP contribution in [-0.2, 0) is 4.74 Å². The number of nitriles is 1. The molecule has 0 aliphatic carbocycles. The van der Waals surface area contributed by atoms with E-state index in [1.807, 2.05) is 53.9 Å². The SMILES string of the molecule is CCOC(=O)c1c(N/C=C(/C#N)c2nc(-c3ccccc3)cs2)sc(C(=O)Nc2ccccc2)c1C. The maximum absolute atomic E-state index is 13.0. The fraction of sp³-hybridized carbons (Fsp3) is 0.111. The average molecular weight is 515 g/mol. The third-order valence-corrected chi connectivity index (χ3v) is 7.23. The molecule has 0 saturated heterocycles. The van der Waals surface area contributed by atoms with Crippen LogP contribution in [0.5, 0.6) is 0 Å². The number of hydrogen-bond donors (Lipinski definition) is 2. The van der Waals surface area contributed by atoms with Crippen molar-refractivity contribution in [3.05, 3.63) is 93.3 Å². The fourth-order valence-electron chi connectivity index (χ4n) is 3.41. The van der Waals surface area contributed by atoms with E-state index in [4.69, 9.17) is 4.74 Å². The highest BCUT2D eigenvalue weighted by molar-refractivity contribution is 7.18. The lowest BCUT2D eigenvalue weighted by molar-refractivity contribution is 0.0527. The van der Waals surface area contributed by atoms with E-state index in [2.05, 4.69) is 21.7 Å². The fourth-order valence-corrected chi connectivity index (χ4v) is 5.26. The van der Waals surface area contributed by atoms with Crippen LogP contribution in [0.4, 0.5) is 10.7 Å². The Morgan fingerprint density at radius 1 is 1.11 bits per heavy atom. The van der Waals surface area contributed by atoms with Crippen LogP contribution < -0.4 is 10.6 Å². The van der Waals surface area contributed by atoms with Crippen LogP contribution in [0.1, 0.15) is 37.5 Å². The standard InChI is InChI=1S/C27H22N4O3S2/c1-3-34-27(33)22-17(2)23(24(32)30-20-12-8-5-9-13-20)36-26(22)29-15-19(14-28)25-31-21(16-35-25)18-10-6-4-7-11-18/h4-13,15-16,29H,3H2,1-2H3,(H,30,32)/b19-15-. The number of hydrogen-bond acceptors (Lipinski definition) is 8. The molecule has 0 saturated carbocycles. The molecule has 2 heterocycles. The van der Waals surface area contributed by atoms with Crippen molar-refractivity contribution in [3.63, 3.8) is 0 Å². The Morgan fingerprint density at radius 3 is 2.47 bits per heavy atom. The van der Waals surface area contributed by atoms with Gasteiger partial charge < -0.3 is 15.4 Å². The lowest BCUT2D eigenvalue weighted by Gasteiger charge is -2.06. The first-order valence-electron chi connectivity index (χ1n) is 11.1. The van der Waals surface area contributed by atoms with Gasteiger partial charge in [-0.2, -0.15) is 5.26 Å². The van der Waals surface area contributed by atoms with E-state index in [0.717, 1.165) is 22.6 Å². The second-order valence-corrected chi connectivity index (χ2v) is 9.40. The highest BCUT2D eigenvalue weighted by atomic mass is 32.1. The molecule has 180 valence electrons. The minimum atomic E-state index is -0.542. The van der Waals surface area contributed by atoms with Crippen LogP contribution in [0.15, 0.2) is 72.2 Å². The van der Waals surface area contributed by atoms with Crippen molar-refractivity contribution in [1.29, 1.82) is 5.26 Å². The predicted molar refractivity (Wildman–Crippen MR) is 144 cm³/mol. The van der Waals surface area contributed by atoms with Gasteiger partial charge >= 0.3 is 5.97 Å². The molecule has 1 amide bonds. The summed E-state index contributed by atoms with van der Waals surface area (Å²) in [7, 11) is 0. The average Bonchev–Trinajstić information content (AvgIpc) is 3.51. The number of carbonyl (C=O) groups excluding carboxylic acids is 2. The molecule has 0 unspecified atom stereocenters. The Labute approximate surface area is 216 Å². The number of para-hydroxylation sites is 1. The normalized spacial score (nSPS) is 11.0. The number of carbonyl (C=O) groups is 2. The van der Waals surface area contributed by atoms with Crippen molar-refractivity contribution >= 4 is 50.8 Å². The summed E-state index contributed by atoms with van der Waals surface area (Å²) < 4.78 is 5.23. The molecule has 2 aromatic heterocycles. The number of thiophene rings is 1. The Bertz CT molecular complexity index is 1450. The number of benzene rings is 2. The van der Waals surface area contributed by atoms with Crippen LogP contribution in [0.3, 0.4) is 0 Å². The summed E-state index contributed by atoms with van der Waals surface area (Å²) in [6.45, 7) is 3.62. The van der Waals surface area contributed by atoms with Gasteiger partial charge in [-0.05, 0) is 31.5 Å². The van der Waals surface area contributed by atoms with E-state index < -0.39 is 5.97 Å². The zero-order chi connectivity index (χ0) is 25.5. The van der Waals surface area contributed by atoms with Crippen molar-refractivity contribution < 1.29 is 14.3 Å². The largest absolute Gasteiger partial charge is 0.462 e. The van der Waals surface area contributed by atoms with Gasteiger partial charge in [-0.1, -0.05) is 48.5 Å². The number of ether oxygens (including phenoxy) is 1. The maximum Gasteiger partial charge on any atom is 0.341 e. The van der Waals surface area contributed by atoms with E-state index in [1.165, 1.54) is 17.5 Å². The summed E-state index contributed by atoms with van der Waals surface area (Å²) in [6, 6.07) is 20.9. The number of allylic oxidation sites excluding steroid dienone is 1. The molecule has 0 spiro atoms.